The van der Waals surface area contributed by atoms with E-state index in [1.165, 1.54) is 12.1 Å². The van der Waals surface area contributed by atoms with E-state index in [4.69, 9.17) is 11.6 Å². The Kier molecular flexibility index (Phi) is 5.50. The minimum absolute atomic E-state index is 0.167. The van der Waals surface area contributed by atoms with Crippen molar-refractivity contribution >= 4 is 17.5 Å². The number of nitrogens with one attached hydrogen (secondary N) is 3. The van der Waals surface area contributed by atoms with E-state index in [2.05, 4.69) is 16.2 Å². The third-order valence-electron chi connectivity index (χ3n) is 4.30. The number of rotatable bonds is 4. The summed E-state index contributed by atoms with van der Waals surface area (Å²) in [6.45, 7) is 0.618. The van der Waals surface area contributed by atoms with Crippen LogP contribution >= 0.6 is 11.6 Å². The Morgan fingerprint density at radius 2 is 1.77 bits per heavy atom. The molecule has 4 nitrogen and oxygen atoms in total. The molecule has 0 radical (unpaired) electrons. The van der Waals surface area contributed by atoms with Gasteiger partial charge < -0.3 is 5.32 Å². The number of halogens is 4. The molecule has 3 rings (SSSR count). The minimum Gasteiger partial charge on any atom is -0.352 e. The minimum atomic E-state index is -4.37. The summed E-state index contributed by atoms with van der Waals surface area (Å²) in [6.07, 6.45) is -4.37. The van der Waals surface area contributed by atoms with E-state index < -0.39 is 11.7 Å². The zero-order valence-corrected chi connectivity index (χ0v) is 14.4. The molecule has 2 aromatic rings. The first-order chi connectivity index (χ1) is 12.3. The smallest absolute Gasteiger partial charge is 0.352 e. The van der Waals surface area contributed by atoms with Crippen LogP contribution in [0.4, 0.5) is 13.2 Å². The molecule has 0 aromatic heterocycles. The van der Waals surface area contributed by atoms with Gasteiger partial charge in [-0.2, -0.15) is 13.2 Å². The number of amides is 1. The molecule has 2 atom stereocenters. The summed E-state index contributed by atoms with van der Waals surface area (Å²) in [4.78, 5) is 12.5. The van der Waals surface area contributed by atoms with Crippen LogP contribution in [0, 0.1) is 5.92 Å². The average Bonchev–Trinajstić information content (AvgIpc) is 3.10. The van der Waals surface area contributed by atoms with Gasteiger partial charge in [0.05, 0.1) is 17.5 Å². The number of benzene rings is 2. The van der Waals surface area contributed by atoms with Crippen molar-refractivity contribution in [2.75, 3.05) is 6.54 Å². The summed E-state index contributed by atoms with van der Waals surface area (Å²) in [6, 6.07) is 11.8. The predicted molar refractivity (Wildman–Crippen MR) is 92.1 cm³/mol. The van der Waals surface area contributed by atoms with Crippen molar-refractivity contribution < 1.29 is 18.0 Å². The van der Waals surface area contributed by atoms with Crippen molar-refractivity contribution in [3.8, 4) is 0 Å². The summed E-state index contributed by atoms with van der Waals surface area (Å²) < 4.78 is 37.7. The third-order valence-corrected chi connectivity index (χ3v) is 4.55. The number of alkyl halides is 3. The molecule has 1 aliphatic heterocycles. The lowest BCUT2D eigenvalue weighted by Crippen LogP contribution is -2.34. The van der Waals surface area contributed by atoms with Gasteiger partial charge in [-0.3, -0.25) is 10.2 Å². The number of hydrogen-bond donors (Lipinski definition) is 3. The molecule has 2 unspecified atom stereocenters. The molecule has 0 aliphatic carbocycles. The second-order valence-electron chi connectivity index (χ2n) is 6.07. The second-order valence-corrected chi connectivity index (χ2v) is 6.51. The number of carbonyl (C=O) groups is 1. The SMILES string of the molecule is O=C(NCc1ccc(C(F)(F)F)cc1)C1CNNC1c1ccc(Cl)cc1. The molecule has 1 aliphatic rings. The molecule has 1 amide bonds. The molecule has 1 fully saturated rings. The van der Waals surface area contributed by atoms with Crippen molar-refractivity contribution in [3.63, 3.8) is 0 Å². The van der Waals surface area contributed by atoms with E-state index in [0.717, 1.165) is 17.7 Å². The van der Waals surface area contributed by atoms with Crippen molar-refractivity contribution in [3.05, 3.63) is 70.2 Å². The van der Waals surface area contributed by atoms with Gasteiger partial charge in [-0.15, -0.1) is 0 Å². The van der Waals surface area contributed by atoms with Crippen LogP contribution in [0.3, 0.4) is 0 Å². The highest BCUT2D eigenvalue weighted by molar-refractivity contribution is 6.30. The lowest BCUT2D eigenvalue weighted by Gasteiger charge is -2.18. The van der Waals surface area contributed by atoms with Crippen molar-refractivity contribution in [1.82, 2.24) is 16.2 Å². The first-order valence-electron chi connectivity index (χ1n) is 8.02. The van der Waals surface area contributed by atoms with Gasteiger partial charge in [-0.25, -0.2) is 5.43 Å². The molecule has 138 valence electrons. The third kappa shape index (κ3) is 4.35. The van der Waals surface area contributed by atoms with E-state index in [-0.39, 0.29) is 24.4 Å². The number of carbonyl (C=O) groups excluding carboxylic acids is 1. The maximum Gasteiger partial charge on any atom is 0.416 e. The van der Waals surface area contributed by atoms with Crippen LogP contribution in [0.2, 0.25) is 5.02 Å². The highest BCUT2D eigenvalue weighted by Crippen LogP contribution is 2.29. The summed E-state index contributed by atoms with van der Waals surface area (Å²) in [5, 5.41) is 3.40. The van der Waals surface area contributed by atoms with Gasteiger partial charge in [-0.05, 0) is 35.4 Å². The summed E-state index contributed by atoms with van der Waals surface area (Å²) in [5.74, 6) is -0.520. The van der Waals surface area contributed by atoms with Crippen LogP contribution < -0.4 is 16.2 Å². The first-order valence-corrected chi connectivity index (χ1v) is 8.40. The molecule has 3 N–H and O–H groups in total. The maximum absolute atomic E-state index is 12.6. The van der Waals surface area contributed by atoms with Crippen LogP contribution in [0.15, 0.2) is 48.5 Å². The molecule has 1 saturated heterocycles. The Morgan fingerprint density at radius 1 is 1.12 bits per heavy atom. The normalized spacial score (nSPS) is 20.2. The first kappa shape index (κ1) is 18.7. The van der Waals surface area contributed by atoms with Gasteiger partial charge in [0.15, 0.2) is 0 Å². The van der Waals surface area contributed by atoms with Gasteiger partial charge in [-0.1, -0.05) is 35.9 Å². The molecule has 1 heterocycles. The standard InChI is InChI=1S/C18H17ClF3N3O/c19-14-7-3-12(4-8-14)16-15(10-24-25-16)17(26)23-9-11-1-5-13(6-2-11)18(20,21)22/h1-8,15-16,24-25H,9-10H2,(H,23,26). The topological polar surface area (TPSA) is 53.2 Å². The Morgan fingerprint density at radius 3 is 2.38 bits per heavy atom. The van der Waals surface area contributed by atoms with Crippen molar-refractivity contribution in [2.45, 2.75) is 18.8 Å². The summed E-state index contributed by atoms with van der Waals surface area (Å²) in [5.41, 5.74) is 6.86. The summed E-state index contributed by atoms with van der Waals surface area (Å²) >= 11 is 5.89. The molecule has 8 heteroatoms. The fourth-order valence-electron chi connectivity index (χ4n) is 2.86. The molecule has 0 spiro atoms. The highest BCUT2D eigenvalue weighted by Gasteiger charge is 2.34. The molecule has 26 heavy (non-hydrogen) atoms. The summed E-state index contributed by atoms with van der Waals surface area (Å²) in [7, 11) is 0. The monoisotopic (exact) mass is 383 g/mol. The van der Waals surface area contributed by atoms with Gasteiger partial charge in [0.2, 0.25) is 5.91 Å². The quantitative estimate of drug-likeness (QED) is 0.758. The van der Waals surface area contributed by atoms with E-state index in [1.807, 2.05) is 12.1 Å². The Balaban J connectivity index is 1.61. The maximum atomic E-state index is 12.6. The lowest BCUT2D eigenvalue weighted by molar-refractivity contribution is -0.137. The number of hydrazine groups is 1. The second kappa shape index (κ2) is 7.65. The number of hydrogen-bond acceptors (Lipinski definition) is 3. The van der Waals surface area contributed by atoms with Gasteiger partial charge in [0.1, 0.15) is 0 Å². The van der Waals surface area contributed by atoms with Crippen LogP contribution in [0.25, 0.3) is 0 Å². The van der Waals surface area contributed by atoms with Gasteiger partial charge in [0, 0.05) is 18.1 Å². The van der Waals surface area contributed by atoms with Crippen LogP contribution in [0.1, 0.15) is 22.7 Å². The van der Waals surface area contributed by atoms with Crippen molar-refractivity contribution in [1.29, 1.82) is 0 Å². The zero-order chi connectivity index (χ0) is 18.7. The van der Waals surface area contributed by atoms with E-state index in [0.29, 0.717) is 17.1 Å². The lowest BCUT2D eigenvalue weighted by atomic mass is 9.94. The highest BCUT2D eigenvalue weighted by atomic mass is 35.5. The fraction of sp³-hybridized carbons (Fsp3) is 0.278. The van der Waals surface area contributed by atoms with E-state index in [9.17, 15) is 18.0 Å². The van der Waals surface area contributed by atoms with Crippen molar-refractivity contribution in [2.24, 2.45) is 5.92 Å². The molecule has 0 saturated carbocycles. The van der Waals surface area contributed by atoms with Crippen LogP contribution in [-0.4, -0.2) is 12.5 Å². The molecular weight excluding hydrogens is 367 g/mol. The van der Waals surface area contributed by atoms with Gasteiger partial charge in [0.25, 0.3) is 0 Å². The van der Waals surface area contributed by atoms with E-state index >= 15 is 0 Å². The zero-order valence-electron chi connectivity index (χ0n) is 13.6. The van der Waals surface area contributed by atoms with Crippen LogP contribution in [-0.2, 0) is 17.5 Å². The largest absolute Gasteiger partial charge is 0.416 e. The Hall–Kier alpha value is -2.09. The Labute approximate surface area is 153 Å². The fourth-order valence-corrected chi connectivity index (χ4v) is 2.98. The molecular formula is C18H17ClF3N3O. The Bertz CT molecular complexity index is 763. The van der Waals surface area contributed by atoms with Crippen LogP contribution in [0.5, 0.6) is 0 Å². The van der Waals surface area contributed by atoms with Gasteiger partial charge >= 0.3 is 6.18 Å². The average molecular weight is 384 g/mol. The molecule has 0 bridgehead atoms. The molecule has 2 aromatic carbocycles. The predicted octanol–water partition coefficient (Wildman–Crippen LogP) is 3.44. The van der Waals surface area contributed by atoms with E-state index in [1.54, 1.807) is 12.1 Å².